The van der Waals surface area contributed by atoms with Crippen molar-refractivity contribution in [2.45, 2.75) is 0 Å². The van der Waals surface area contributed by atoms with Crippen molar-refractivity contribution in [3.63, 3.8) is 0 Å². The lowest BCUT2D eigenvalue weighted by Crippen LogP contribution is -2.45. The van der Waals surface area contributed by atoms with Gasteiger partial charge in [0.15, 0.2) is 0 Å². The predicted molar refractivity (Wildman–Crippen MR) is 138 cm³/mol. The van der Waals surface area contributed by atoms with Crippen LogP contribution in [0.5, 0.6) is 0 Å². The number of para-hydroxylation sites is 2. The van der Waals surface area contributed by atoms with Crippen LogP contribution in [0.15, 0.2) is 60.7 Å². The lowest BCUT2D eigenvalue weighted by Gasteiger charge is -2.34. The average molecular weight is 461 g/mol. The van der Waals surface area contributed by atoms with Crippen LogP contribution < -0.4 is 10.6 Å². The van der Waals surface area contributed by atoms with Crippen LogP contribution in [0.2, 0.25) is 0 Å². The largest absolute Gasteiger partial charge is 0.382 e. The number of likely N-dealkylation sites (N-methyl/N-ethyl adjacent to an activating group) is 1. The van der Waals surface area contributed by atoms with Crippen molar-refractivity contribution in [2.24, 2.45) is 0 Å². The van der Waals surface area contributed by atoms with Crippen LogP contribution >= 0.6 is 0 Å². The summed E-state index contributed by atoms with van der Waals surface area (Å²) in [5.74, 6) is 1.02. The van der Waals surface area contributed by atoms with E-state index in [1.165, 1.54) is 4.68 Å². The van der Waals surface area contributed by atoms with E-state index < -0.39 is 0 Å². The molecule has 1 aliphatic rings. The molecule has 35 heavy (non-hydrogen) atoms. The Morgan fingerprint density at radius 1 is 1.00 bits per heavy atom. The molecule has 2 aromatic heterocycles. The second-order valence-corrected chi connectivity index (χ2v) is 8.52. The molecule has 3 heterocycles. The summed E-state index contributed by atoms with van der Waals surface area (Å²) in [5.41, 5.74) is 9.40. The molecule has 2 N–H and O–H groups in total. The summed E-state index contributed by atoms with van der Waals surface area (Å²) in [5, 5.41) is 25.5. The first-order chi connectivity index (χ1) is 17.1. The van der Waals surface area contributed by atoms with E-state index >= 15 is 0 Å². The summed E-state index contributed by atoms with van der Waals surface area (Å²) < 4.78 is 1.50. The van der Waals surface area contributed by atoms with Crippen molar-refractivity contribution < 1.29 is 0 Å². The number of nitriles is 2. The van der Waals surface area contributed by atoms with Gasteiger partial charge in [-0.25, -0.2) is 9.67 Å². The number of anilines is 2. The van der Waals surface area contributed by atoms with Crippen LogP contribution in [0.25, 0.3) is 28.2 Å². The number of hydrogen-bond donors (Lipinski definition) is 1. The van der Waals surface area contributed by atoms with Crippen LogP contribution in [-0.4, -0.2) is 52.9 Å². The van der Waals surface area contributed by atoms with E-state index in [9.17, 15) is 10.5 Å². The summed E-state index contributed by atoms with van der Waals surface area (Å²) in [4.78, 5) is 9.49. The number of hydrogen-bond acceptors (Lipinski definition) is 7. The first-order valence-electron chi connectivity index (χ1n) is 11.4. The van der Waals surface area contributed by atoms with Crippen LogP contribution in [0, 0.1) is 22.7 Å². The molecule has 8 heteroatoms. The number of nitrogens with two attached hydrogens (primary N) is 1. The van der Waals surface area contributed by atoms with Crippen molar-refractivity contribution in [3.8, 4) is 17.8 Å². The second kappa shape index (κ2) is 9.30. The molecule has 172 valence electrons. The number of pyridine rings is 1. The van der Waals surface area contributed by atoms with E-state index in [1.54, 1.807) is 6.08 Å². The van der Waals surface area contributed by atoms with Crippen molar-refractivity contribution in [1.82, 2.24) is 19.7 Å². The van der Waals surface area contributed by atoms with Gasteiger partial charge in [-0.2, -0.15) is 15.6 Å². The molecule has 0 bridgehead atoms. The Balaban J connectivity index is 1.66. The van der Waals surface area contributed by atoms with Gasteiger partial charge in [0.2, 0.25) is 0 Å². The molecule has 2 aromatic carbocycles. The Hall–Kier alpha value is -4.66. The van der Waals surface area contributed by atoms with E-state index in [4.69, 9.17) is 10.7 Å². The molecule has 5 rings (SSSR count). The van der Waals surface area contributed by atoms with E-state index in [0.717, 1.165) is 54.2 Å². The summed E-state index contributed by atoms with van der Waals surface area (Å²) in [7, 11) is 2.11. The summed E-state index contributed by atoms with van der Waals surface area (Å²) >= 11 is 0. The fourth-order valence-corrected chi connectivity index (χ4v) is 4.30. The molecular formula is C27H24N8. The number of nitrogens with zero attached hydrogens (tertiary/aromatic N) is 7. The minimum atomic E-state index is 0.177. The number of rotatable bonds is 4. The highest BCUT2D eigenvalue weighted by Gasteiger charge is 2.22. The van der Waals surface area contributed by atoms with Crippen molar-refractivity contribution in [3.05, 3.63) is 77.5 Å². The topological polar surface area (TPSA) is 111 Å². The average Bonchev–Trinajstić information content (AvgIpc) is 3.23. The Labute approximate surface area is 203 Å². The lowest BCUT2D eigenvalue weighted by molar-refractivity contribution is 0.312. The van der Waals surface area contributed by atoms with Gasteiger partial charge < -0.3 is 15.5 Å². The predicted octanol–water partition coefficient (Wildman–Crippen LogP) is 3.69. The van der Waals surface area contributed by atoms with Gasteiger partial charge in [0.1, 0.15) is 35.0 Å². The molecule has 0 unspecified atom stereocenters. The van der Waals surface area contributed by atoms with Gasteiger partial charge in [-0.3, -0.25) is 0 Å². The molecule has 4 aromatic rings. The number of benzene rings is 2. The van der Waals surface area contributed by atoms with Gasteiger partial charge in [-0.15, -0.1) is 0 Å². The molecule has 0 radical (unpaired) electrons. The molecule has 0 aliphatic carbocycles. The molecule has 1 aliphatic heterocycles. The zero-order chi connectivity index (χ0) is 24.4. The zero-order valence-corrected chi connectivity index (χ0v) is 19.4. The first-order valence-corrected chi connectivity index (χ1v) is 11.4. The number of aromatic nitrogens is 3. The fraction of sp³-hybridized carbons (Fsp3) is 0.185. The standard InChI is InChI=1S/C27H24N8/c1-33-11-13-34(14-12-33)27-20(15-19-7-5-6-10-24(19)31-27)16-21(17-28)25-23(18-29)26(30)35(32-25)22-8-3-2-4-9-22/h2-10,15-16H,11-14,30H2,1H3/b21-16+. The molecule has 0 saturated carbocycles. The van der Waals surface area contributed by atoms with E-state index in [1.807, 2.05) is 60.7 Å². The Morgan fingerprint density at radius 2 is 1.71 bits per heavy atom. The second-order valence-electron chi connectivity index (χ2n) is 8.52. The maximum Gasteiger partial charge on any atom is 0.145 e. The smallest absolute Gasteiger partial charge is 0.145 e. The van der Waals surface area contributed by atoms with Gasteiger partial charge in [-0.05, 0) is 37.4 Å². The maximum absolute atomic E-state index is 10.1. The van der Waals surface area contributed by atoms with Gasteiger partial charge in [0.05, 0.1) is 16.8 Å². The zero-order valence-electron chi connectivity index (χ0n) is 19.4. The Morgan fingerprint density at radius 3 is 2.43 bits per heavy atom. The highest BCUT2D eigenvalue weighted by atomic mass is 15.3. The van der Waals surface area contributed by atoms with Gasteiger partial charge >= 0.3 is 0 Å². The normalized spacial score (nSPS) is 14.6. The molecule has 0 atom stereocenters. The molecule has 1 fully saturated rings. The molecule has 8 nitrogen and oxygen atoms in total. The number of nitrogen functional groups attached to an aromatic ring is 1. The fourth-order valence-electron chi connectivity index (χ4n) is 4.30. The monoisotopic (exact) mass is 460 g/mol. The van der Waals surface area contributed by atoms with Gasteiger partial charge in [0, 0.05) is 37.1 Å². The number of fused-ring (bicyclic) bond motifs is 1. The summed E-state index contributed by atoms with van der Waals surface area (Å²) in [6.45, 7) is 3.53. The van der Waals surface area contributed by atoms with E-state index in [0.29, 0.717) is 0 Å². The van der Waals surface area contributed by atoms with Crippen LogP contribution in [0.4, 0.5) is 11.6 Å². The van der Waals surface area contributed by atoms with Crippen molar-refractivity contribution in [1.29, 1.82) is 10.5 Å². The Bertz CT molecular complexity index is 1500. The SMILES string of the molecule is CN1CCN(c2nc3ccccc3cc2/C=C(\C#N)c2nn(-c3ccccc3)c(N)c2C#N)CC1. The van der Waals surface area contributed by atoms with E-state index in [2.05, 4.69) is 34.1 Å². The van der Waals surface area contributed by atoms with Crippen molar-refractivity contribution in [2.75, 3.05) is 43.9 Å². The molecule has 0 spiro atoms. The third-order valence-corrected chi connectivity index (χ3v) is 6.24. The van der Waals surface area contributed by atoms with E-state index in [-0.39, 0.29) is 22.6 Å². The quantitative estimate of drug-likeness (QED) is 0.462. The molecule has 0 amide bonds. The lowest BCUT2D eigenvalue weighted by atomic mass is 10.0. The number of allylic oxidation sites excluding steroid dienone is 1. The van der Waals surface area contributed by atoms with Gasteiger partial charge in [0.25, 0.3) is 0 Å². The van der Waals surface area contributed by atoms with Crippen LogP contribution in [0.1, 0.15) is 16.8 Å². The summed E-state index contributed by atoms with van der Waals surface area (Å²) in [6, 6.07) is 23.7. The minimum Gasteiger partial charge on any atom is -0.382 e. The summed E-state index contributed by atoms with van der Waals surface area (Å²) in [6.07, 6.45) is 1.77. The highest BCUT2D eigenvalue weighted by Crippen LogP contribution is 2.31. The van der Waals surface area contributed by atoms with Crippen molar-refractivity contribution >= 4 is 34.2 Å². The Kier molecular flexibility index (Phi) is 5.88. The molecule has 1 saturated heterocycles. The first kappa shape index (κ1) is 22.1. The van der Waals surface area contributed by atoms with Crippen LogP contribution in [0.3, 0.4) is 0 Å². The third kappa shape index (κ3) is 4.19. The van der Waals surface area contributed by atoms with Gasteiger partial charge in [-0.1, -0.05) is 36.4 Å². The third-order valence-electron chi connectivity index (χ3n) is 6.24. The number of piperazine rings is 1. The maximum atomic E-state index is 10.1. The molecular weight excluding hydrogens is 436 g/mol. The minimum absolute atomic E-state index is 0.177. The highest BCUT2D eigenvalue weighted by molar-refractivity contribution is 5.95. The van der Waals surface area contributed by atoms with Crippen LogP contribution in [-0.2, 0) is 0 Å².